The summed E-state index contributed by atoms with van der Waals surface area (Å²) in [5, 5.41) is 0. The van der Waals surface area contributed by atoms with E-state index in [4.69, 9.17) is 4.42 Å². The maximum atomic E-state index is 11.0. The average Bonchev–Trinajstić information content (AvgIpc) is 2.07. The standard InChI is InChI=1S/C9H7NO2/c1-6-5-7-8(12-9(6)11)3-2-4-10-7/h2-5H,1H3. The summed E-state index contributed by atoms with van der Waals surface area (Å²) in [6, 6.07) is 5.19. The van der Waals surface area contributed by atoms with Crippen LogP contribution in [0.25, 0.3) is 11.1 Å². The van der Waals surface area contributed by atoms with E-state index in [1.54, 1.807) is 31.3 Å². The minimum absolute atomic E-state index is 0.296. The molecule has 2 aromatic rings. The van der Waals surface area contributed by atoms with Gasteiger partial charge in [0.1, 0.15) is 5.52 Å². The van der Waals surface area contributed by atoms with E-state index in [2.05, 4.69) is 4.98 Å². The second-order valence-electron chi connectivity index (χ2n) is 2.60. The third-order valence-corrected chi connectivity index (χ3v) is 1.68. The Bertz CT molecular complexity index is 473. The van der Waals surface area contributed by atoms with Crippen molar-refractivity contribution in [2.45, 2.75) is 6.92 Å². The molecule has 0 fully saturated rings. The first kappa shape index (κ1) is 7.03. The fourth-order valence-corrected chi connectivity index (χ4v) is 1.04. The normalized spacial score (nSPS) is 10.4. The molecule has 0 aliphatic rings. The van der Waals surface area contributed by atoms with Gasteiger partial charge in [-0.05, 0) is 25.1 Å². The number of pyridine rings is 1. The first-order chi connectivity index (χ1) is 5.77. The molecule has 0 aromatic carbocycles. The van der Waals surface area contributed by atoms with Gasteiger partial charge in [-0.2, -0.15) is 0 Å². The Morgan fingerprint density at radius 2 is 2.33 bits per heavy atom. The lowest BCUT2D eigenvalue weighted by atomic mass is 10.3. The van der Waals surface area contributed by atoms with Crippen LogP contribution in [0.2, 0.25) is 0 Å². The molecule has 2 heterocycles. The van der Waals surface area contributed by atoms with Gasteiger partial charge in [0.15, 0.2) is 5.58 Å². The molecule has 2 rings (SSSR count). The lowest BCUT2D eigenvalue weighted by Crippen LogP contribution is -2.02. The minimum atomic E-state index is -0.296. The van der Waals surface area contributed by atoms with Gasteiger partial charge in [-0.3, -0.25) is 4.98 Å². The maximum Gasteiger partial charge on any atom is 0.339 e. The largest absolute Gasteiger partial charge is 0.421 e. The van der Waals surface area contributed by atoms with Crippen molar-refractivity contribution >= 4 is 11.1 Å². The first-order valence-electron chi connectivity index (χ1n) is 3.63. The van der Waals surface area contributed by atoms with Crippen molar-refractivity contribution in [3.8, 4) is 0 Å². The van der Waals surface area contributed by atoms with Crippen LogP contribution in [-0.2, 0) is 0 Å². The van der Waals surface area contributed by atoms with Gasteiger partial charge < -0.3 is 4.42 Å². The van der Waals surface area contributed by atoms with E-state index in [9.17, 15) is 4.79 Å². The van der Waals surface area contributed by atoms with Gasteiger partial charge in [0.05, 0.1) is 0 Å². The summed E-state index contributed by atoms with van der Waals surface area (Å²) in [7, 11) is 0. The smallest absolute Gasteiger partial charge is 0.339 e. The number of hydrogen-bond donors (Lipinski definition) is 0. The minimum Gasteiger partial charge on any atom is -0.421 e. The highest BCUT2D eigenvalue weighted by atomic mass is 16.4. The van der Waals surface area contributed by atoms with E-state index in [1.165, 1.54) is 0 Å². The summed E-state index contributed by atoms with van der Waals surface area (Å²) in [4.78, 5) is 15.1. The topological polar surface area (TPSA) is 43.1 Å². The monoisotopic (exact) mass is 161 g/mol. The predicted octanol–water partition coefficient (Wildman–Crippen LogP) is 1.50. The first-order valence-corrected chi connectivity index (χ1v) is 3.63. The van der Waals surface area contributed by atoms with Crippen molar-refractivity contribution in [1.29, 1.82) is 0 Å². The predicted molar refractivity (Wildman–Crippen MR) is 45.0 cm³/mol. The number of hydrogen-bond acceptors (Lipinski definition) is 3. The van der Waals surface area contributed by atoms with Crippen molar-refractivity contribution in [3.05, 3.63) is 40.4 Å². The van der Waals surface area contributed by atoms with Crippen LogP contribution < -0.4 is 5.63 Å². The van der Waals surface area contributed by atoms with Crippen LogP contribution in [0.1, 0.15) is 5.56 Å². The van der Waals surface area contributed by atoms with Gasteiger partial charge in [0.2, 0.25) is 0 Å². The Morgan fingerprint density at radius 3 is 3.17 bits per heavy atom. The molecule has 0 amide bonds. The van der Waals surface area contributed by atoms with Gasteiger partial charge in [0, 0.05) is 11.8 Å². The van der Waals surface area contributed by atoms with Gasteiger partial charge in [-0.15, -0.1) is 0 Å². The van der Waals surface area contributed by atoms with Crippen LogP contribution in [0.4, 0.5) is 0 Å². The summed E-state index contributed by atoms with van der Waals surface area (Å²) in [6.07, 6.45) is 1.67. The van der Waals surface area contributed by atoms with E-state index in [0.717, 1.165) is 5.52 Å². The average molecular weight is 161 g/mol. The zero-order chi connectivity index (χ0) is 8.55. The molecular weight excluding hydrogens is 154 g/mol. The van der Waals surface area contributed by atoms with Crippen LogP contribution in [0.15, 0.2) is 33.6 Å². The van der Waals surface area contributed by atoms with Crippen LogP contribution in [0.5, 0.6) is 0 Å². The molecule has 0 bridgehead atoms. The zero-order valence-corrected chi connectivity index (χ0v) is 6.57. The molecule has 0 saturated carbocycles. The number of fused-ring (bicyclic) bond motifs is 1. The lowest BCUT2D eigenvalue weighted by Gasteiger charge is -1.94. The fourth-order valence-electron chi connectivity index (χ4n) is 1.04. The lowest BCUT2D eigenvalue weighted by molar-refractivity contribution is 0.554. The van der Waals surface area contributed by atoms with Crippen LogP contribution in [0, 0.1) is 6.92 Å². The summed E-state index contributed by atoms with van der Waals surface area (Å²) in [6.45, 7) is 1.71. The zero-order valence-electron chi connectivity index (χ0n) is 6.57. The van der Waals surface area contributed by atoms with Crippen molar-refractivity contribution in [1.82, 2.24) is 4.98 Å². The fraction of sp³-hybridized carbons (Fsp3) is 0.111. The third kappa shape index (κ3) is 0.993. The highest BCUT2D eigenvalue weighted by Gasteiger charge is 1.99. The Balaban J connectivity index is 2.93. The SMILES string of the molecule is Cc1cc2ncccc2oc1=O. The summed E-state index contributed by atoms with van der Waals surface area (Å²) >= 11 is 0. The molecule has 0 aliphatic heterocycles. The second-order valence-corrected chi connectivity index (χ2v) is 2.60. The second kappa shape index (κ2) is 2.44. The number of aryl methyl sites for hydroxylation is 1. The van der Waals surface area contributed by atoms with Crippen LogP contribution in [-0.4, -0.2) is 4.98 Å². The molecule has 12 heavy (non-hydrogen) atoms. The Labute approximate surface area is 68.7 Å². The molecule has 0 saturated heterocycles. The van der Waals surface area contributed by atoms with Crippen LogP contribution in [0.3, 0.4) is 0 Å². The molecule has 60 valence electrons. The quantitative estimate of drug-likeness (QED) is 0.588. The van der Waals surface area contributed by atoms with Gasteiger partial charge >= 0.3 is 5.63 Å². The van der Waals surface area contributed by atoms with Gasteiger partial charge in [0.25, 0.3) is 0 Å². The number of rotatable bonds is 0. The maximum absolute atomic E-state index is 11.0. The third-order valence-electron chi connectivity index (χ3n) is 1.68. The van der Waals surface area contributed by atoms with Crippen molar-refractivity contribution in [2.75, 3.05) is 0 Å². The molecule has 3 heteroatoms. The molecule has 0 N–H and O–H groups in total. The Hall–Kier alpha value is -1.64. The molecule has 0 radical (unpaired) electrons. The van der Waals surface area contributed by atoms with Gasteiger partial charge in [-0.1, -0.05) is 0 Å². The van der Waals surface area contributed by atoms with E-state index in [0.29, 0.717) is 11.1 Å². The molecule has 0 aliphatic carbocycles. The highest BCUT2D eigenvalue weighted by molar-refractivity contribution is 5.71. The van der Waals surface area contributed by atoms with Crippen molar-refractivity contribution in [3.63, 3.8) is 0 Å². The molecule has 0 unspecified atom stereocenters. The number of nitrogens with zero attached hydrogens (tertiary/aromatic N) is 1. The van der Waals surface area contributed by atoms with Crippen molar-refractivity contribution in [2.24, 2.45) is 0 Å². The molecule has 0 atom stereocenters. The summed E-state index contributed by atoms with van der Waals surface area (Å²) < 4.78 is 4.97. The Kier molecular flexibility index (Phi) is 1.43. The van der Waals surface area contributed by atoms with E-state index >= 15 is 0 Å². The molecular formula is C9H7NO2. The summed E-state index contributed by atoms with van der Waals surface area (Å²) in [5.74, 6) is 0. The highest BCUT2D eigenvalue weighted by Crippen LogP contribution is 2.08. The van der Waals surface area contributed by atoms with Gasteiger partial charge in [-0.25, -0.2) is 4.79 Å². The van der Waals surface area contributed by atoms with Crippen LogP contribution >= 0.6 is 0 Å². The van der Waals surface area contributed by atoms with E-state index in [-0.39, 0.29) is 5.63 Å². The summed E-state index contributed by atoms with van der Waals surface area (Å²) in [5.41, 5.74) is 1.54. The number of aromatic nitrogens is 1. The molecule has 0 spiro atoms. The van der Waals surface area contributed by atoms with Crippen molar-refractivity contribution < 1.29 is 4.42 Å². The van der Waals surface area contributed by atoms with E-state index < -0.39 is 0 Å². The molecule has 3 nitrogen and oxygen atoms in total. The Morgan fingerprint density at radius 1 is 1.50 bits per heavy atom. The van der Waals surface area contributed by atoms with E-state index in [1.807, 2.05) is 0 Å². The molecule has 2 aromatic heterocycles.